The number of ether oxygens (including phenoxy) is 4. The van der Waals surface area contributed by atoms with Gasteiger partial charge in [0, 0.05) is 198 Å². The van der Waals surface area contributed by atoms with Gasteiger partial charge in [0.25, 0.3) is 0 Å². The first-order chi connectivity index (χ1) is 55.6. The summed E-state index contributed by atoms with van der Waals surface area (Å²) in [4.78, 5) is 48.5. The van der Waals surface area contributed by atoms with E-state index in [4.69, 9.17) is 29.1 Å². The average Bonchev–Trinajstić information content (AvgIpc) is 1.40. The van der Waals surface area contributed by atoms with Crippen LogP contribution in [0.3, 0.4) is 0 Å². The third-order valence-electron chi connectivity index (χ3n) is 33.1. The lowest BCUT2D eigenvalue weighted by Gasteiger charge is -2.54. The van der Waals surface area contributed by atoms with Crippen LogP contribution in [0.1, 0.15) is 298 Å². The maximum absolute atomic E-state index is 12.3. The third kappa shape index (κ3) is 16.5. The molecule has 2 N–H and O–H groups in total. The van der Waals surface area contributed by atoms with Gasteiger partial charge in [-0.2, -0.15) is 30.6 Å². The normalized spacial score (nSPS) is 34.2. The highest BCUT2D eigenvalue weighted by Gasteiger charge is 2.62. The number of rotatable bonds is 0. The summed E-state index contributed by atoms with van der Waals surface area (Å²) in [5.74, 6) is 4.31. The molecule has 12 aliphatic carbocycles. The van der Waals surface area contributed by atoms with Gasteiger partial charge in [-0.05, 0) is 247 Å². The van der Waals surface area contributed by atoms with Crippen molar-refractivity contribution >= 4 is 119 Å². The van der Waals surface area contributed by atoms with E-state index >= 15 is 0 Å². The number of aliphatic hydroxyl groups excluding tert-OH is 2. The summed E-state index contributed by atoms with van der Waals surface area (Å²) in [5.41, 5.74) is 17.0. The van der Waals surface area contributed by atoms with E-state index in [-0.39, 0.29) is 124 Å². The van der Waals surface area contributed by atoms with E-state index in [0.29, 0.717) is 89.3 Å². The number of nitrogens with zero attached hydrogens (tertiary/aromatic N) is 12. The van der Waals surface area contributed by atoms with Crippen LogP contribution in [0, 0.1) is 71.0 Å². The van der Waals surface area contributed by atoms with Crippen molar-refractivity contribution in [2.75, 3.05) is 26.4 Å². The zero-order chi connectivity index (χ0) is 85.1. The van der Waals surface area contributed by atoms with Gasteiger partial charge in [-0.25, -0.2) is 0 Å². The maximum atomic E-state index is 12.3. The third-order valence-corrected chi connectivity index (χ3v) is 38.0. The molecule has 0 aromatic carbocycles. The van der Waals surface area contributed by atoms with E-state index in [1.165, 1.54) is 74.7 Å². The Bertz CT molecular complexity index is 5010. The average molecular weight is 2110 g/mol. The van der Waals surface area contributed by atoms with Crippen molar-refractivity contribution in [2.24, 2.45) is 113 Å². The first-order valence-electron chi connectivity index (χ1n) is 43.3. The van der Waals surface area contributed by atoms with Gasteiger partial charge < -0.3 is 29.2 Å². The van der Waals surface area contributed by atoms with Crippen LogP contribution in [0.25, 0.3) is 0 Å². The van der Waals surface area contributed by atoms with E-state index in [9.17, 15) is 29.4 Å². The Morgan fingerprint density at radius 3 is 0.960 bits per heavy atom. The van der Waals surface area contributed by atoms with Crippen molar-refractivity contribution in [3.05, 3.63) is 119 Å². The molecule has 0 amide bonds. The molecular formula is C96H146Br6N12O10. The van der Waals surface area contributed by atoms with Crippen LogP contribution in [0.5, 0.6) is 0 Å². The quantitative estimate of drug-likeness (QED) is 0.106. The molecule has 124 heavy (non-hydrogen) atoms. The molecule has 14 aliphatic rings. The predicted octanol–water partition coefficient (Wildman–Crippen LogP) is 22.3. The first-order valence-corrected chi connectivity index (χ1v) is 48.1. The van der Waals surface area contributed by atoms with Crippen molar-refractivity contribution in [3.8, 4) is 0 Å². The second kappa shape index (κ2) is 38.1. The summed E-state index contributed by atoms with van der Waals surface area (Å²) in [6.45, 7) is 29.6. The number of hydrogen-bond donors (Lipinski definition) is 2. The minimum atomic E-state index is -0.326. The SMILES string of the molecule is C.C.C.C.C.C.C[C@@H]1C(=O)/C(=C\O)C[C@]2(C)c3c(c(Br)nn3C)CC[C@@H]12.C[C@@H]1C(=O)/C(=C\O)C[C@]2(C)c3nn(C)c(Br)c3CC[C@@H]12.C[C@@H]1C(=O)CC[C@]2(C)c3c(c(Br)nn3C)CC[C@@H]12.C[C@@H]1C(=O)CC[C@]2(C)c3nn(C)c(Br)c3CC[C@@H]12.C[C@H]1[C@@H]2CCc3c(Br)nn(C)c3[C@@]2(C)CCC12OCCO2.C[C@H]1[C@@H]2CCc3c(nn(C)c3Br)[C@@]2(C)CCC12OCCO2. The van der Waals surface area contributed by atoms with Gasteiger partial charge >= 0.3 is 0 Å². The molecule has 8 fully saturated rings. The second-order valence-electron chi connectivity index (χ2n) is 38.9. The lowest BCUT2D eigenvalue weighted by Crippen LogP contribution is -2.55. The number of halogens is 6. The minimum Gasteiger partial charge on any atom is -0.515 e. The van der Waals surface area contributed by atoms with Crippen LogP contribution >= 0.6 is 95.6 Å². The number of Topliss-reactive ketones (excluding diaryl/α,β-unsaturated/α-hetero) is 4. The monoisotopic (exact) mass is 2100 g/mol. The zero-order valence-electron chi connectivity index (χ0n) is 72.3. The summed E-state index contributed by atoms with van der Waals surface area (Å²) < 4.78 is 42.3. The molecule has 6 aromatic heterocycles. The highest BCUT2D eigenvalue weighted by molar-refractivity contribution is 9.11. The van der Waals surface area contributed by atoms with Crippen molar-refractivity contribution in [3.63, 3.8) is 0 Å². The predicted molar refractivity (Wildman–Crippen MR) is 513 cm³/mol. The van der Waals surface area contributed by atoms with E-state index in [2.05, 4.69) is 197 Å². The largest absolute Gasteiger partial charge is 0.515 e. The van der Waals surface area contributed by atoms with Gasteiger partial charge in [-0.1, -0.05) is 128 Å². The first kappa shape index (κ1) is 103. The van der Waals surface area contributed by atoms with Crippen molar-refractivity contribution in [1.29, 1.82) is 0 Å². The maximum Gasteiger partial charge on any atom is 0.171 e. The lowest BCUT2D eigenvalue weighted by atomic mass is 9.55. The van der Waals surface area contributed by atoms with Crippen LogP contribution in [-0.4, -0.2) is 130 Å². The van der Waals surface area contributed by atoms with E-state index < -0.39 is 0 Å². The van der Waals surface area contributed by atoms with E-state index in [1.54, 1.807) is 0 Å². The molecule has 2 saturated heterocycles. The van der Waals surface area contributed by atoms with Gasteiger partial charge in [-0.15, -0.1) is 0 Å². The number of carbonyl (C=O) groups is 4. The number of aryl methyl sites for hydroxylation is 6. The van der Waals surface area contributed by atoms with Crippen molar-refractivity contribution in [1.82, 2.24) is 58.7 Å². The molecule has 6 saturated carbocycles. The van der Waals surface area contributed by atoms with Gasteiger partial charge in [0.15, 0.2) is 23.1 Å². The number of ketones is 4. The van der Waals surface area contributed by atoms with Crippen LogP contribution in [0.2, 0.25) is 0 Å². The molecule has 2 spiro atoms. The lowest BCUT2D eigenvalue weighted by molar-refractivity contribution is -0.235. The molecule has 0 radical (unpaired) electrons. The summed E-state index contributed by atoms with van der Waals surface area (Å²) in [5, 5.41) is 46.6. The molecule has 0 bridgehead atoms. The summed E-state index contributed by atoms with van der Waals surface area (Å²) in [7, 11) is 12.0. The smallest absolute Gasteiger partial charge is 0.171 e. The molecule has 22 nitrogen and oxygen atoms in total. The minimum absolute atomic E-state index is 0. The van der Waals surface area contributed by atoms with Gasteiger partial charge in [0.1, 0.15) is 39.2 Å². The Morgan fingerprint density at radius 1 is 0.331 bits per heavy atom. The Labute approximate surface area is 790 Å². The molecule has 2 aliphatic heterocycles. The van der Waals surface area contributed by atoms with Crippen LogP contribution in [0.15, 0.2) is 51.3 Å². The Hall–Kier alpha value is -4.26. The fourth-order valence-electron chi connectivity index (χ4n) is 26.8. The molecule has 18 atom stereocenters. The highest BCUT2D eigenvalue weighted by atomic mass is 79.9. The standard InChI is InChI=1S/2C16H23BrN2O2.2C15H19BrN2O2.2C14H19BrN2O.6CH4/c1-10-12-5-4-11-13(19(3)18-14(11)17)15(12,2)6-7-16(10)20-8-9-21-16;1-10-12-5-4-11-13(18-19(3)14(11)17)15(12,2)6-7-16(10)20-8-9-21-16;1-8-11-5-4-10-13(18(3)17-14(10)16)15(11,2)6-9(7-19)12(8)20;1-8-11-5-4-10-13(17-18(3)14(10)16)15(11,2)6-9(7-19)12(8)20;1-8-10-5-4-9-12(17(3)16-13(9)15)14(10,2)7-6-11(8)18;1-8-10-5-4-9-12(16-17(3)13(9)15)14(10,2)7-6-11(8)18;;;;;;/h2*10,12H,4-9H2,1-3H3;2*7-8,11,19H,4-6H2,1-3H3;2*8,10H,4-7H2,1-3H3;6*1H4/b;;2*9-7-;;;;;;;;/t2*10-,12-,15-;2*8-,11-,15-;2*8-,10-,14-;;;;;;/m000000....../s1. The fraction of sp³-hybridized carbons (Fsp3) is 0.729. The number of allylic oxidation sites excluding steroid dienone is 2. The topological polar surface area (TPSA) is 253 Å². The number of fused-ring (bicyclic) bond motifs is 18. The zero-order valence-corrected chi connectivity index (χ0v) is 81.8. The van der Waals surface area contributed by atoms with Crippen LogP contribution in [-0.2, 0) is 151 Å². The fourth-order valence-corrected chi connectivity index (χ4v) is 30.1. The van der Waals surface area contributed by atoms with Crippen LogP contribution in [0.4, 0.5) is 0 Å². The number of aliphatic hydroxyl groups is 2. The summed E-state index contributed by atoms with van der Waals surface area (Å²) in [6, 6.07) is 0. The van der Waals surface area contributed by atoms with Gasteiger partial charge in [0.05, 0.1) is 56.0 Å². The summed E-state index contributed by atoms with van der Waals surface area (Å²) in [6.07, 6.45) is 23.5. The second-order valence-corrected chi connectivity index (χ2v) is 43.4. The number of aromatic nitrogens is 12. The Morgan fingerprint density at radius 2 is 0.597 bits per heavy atom. The molecule has 8 heterocycles. The Kier molecular flexibility index (Phi) is 31.8. The molecule has 692 valence electrons. The molecular weight excluding hydrogens is 1960 g/mol. The molecule has 28 heteroatoms. The molecule has 0 unspecified atom stereocenters. The van der Waals surface area contributed by atoms with Gasteiger partial charge in [0.2, 0.25) is 0 Å². The summed E-state index contributed by atoms with van der Waals surface area (Å²) >= 11 is 21.7. The number of carbonyl (C=O) groups excluding carboxylic acids is 4. The molecule has 20 rings (SSSR count). The van der Waals surface area contributed by atoms with Crippen molar-refractivity contribution < 1.29 is 48.3 Å². The van der Waals surface area contributed by atoms with E-state index in [0.717, 1.165) is 181 Å². The Balaban J connectivity index is 0.000000167. The highest BCUT2D eigenvalue weighted by Crippen LogP contribution is 2.62. The molecule has 6 aromatic rings. The van der Waals surface area contributed by atoms with Gasteiger partial charge in [-0.3, -0.25) is 47.3 Å². The van der Waals surface area contributed by atoms with E-state index in [1.807, 2.05) is 72.5 Å². The van der Waals surface area contributed by atoms with Crippen molar-refractivity contribution in [2.45, 2.75) is 313 Å². The van der Waals surface area contributed by atoms with Crippen LogP contribution < -0.4 is 0 Å². The number of hydrogen-bond acceptors (Lipinski definition) is 16.